The third-order valence-electron chi connectivity index (χ3n) is 2.11. The van der Waals surface area contributed by atoms with Crippen molar-refractivity contribution in [2.45, 2.75) is 19.9 Å². The molecule has 0 aliphatic carbocycles. The van der Waals surface area contributed by atoms with E-state index < -0.39 is 23.5 Å². The zero-order valence-corrected chi connectivity index (χ0v) is 9.13. The molecule has 0 unspecified atom stereocenters. The van der Waals surface area contributed by atoms with Crippen LogP contribution in [-0.2, 0) is 11.3 Å². The highest BCUT2D eigenvalue weighted by atomic mass is 19.3. The van der Waals surface area contributed by atoms with Crippen LogP contribution in [0.4, 0.5) is 8.78 Å². The maximum absolute atomic E-state index is 12.7. The summed E-state index contributed by atoms with van der Waals surface area (Å²) in [7, 11) is 0. The first-order chi connectivity index (χ1) is 8.01. The minimum absolute atomic E-state index is 0.0868. The summed E-state index contributed by atoms with van der Waals surface area (Å²) in [6.07, 6.45) is -2.87. The second-order valence-electron chi connectivity index (χ2n) is 3.17. The van der Waals surface area contributed by atoms with Crippen LogP contribution in [-0.4, -0.2) is 17.6 Å². The highest BCUT2D eigenvalue weighted by molar-refractivity contribution is 5.87. The predicted molar refractivity (Wildman–Crippen MR) is 55.9 cm³/mol. The first-order valence-electron chi connectivity index (χ1n) is 4.92. The number of halogens is 2. The molecule has 1 aromatic heterocycles. The molecule has 0 atom stereocenters. The Kier molecular flexibility index (Phi) is 4.33. The van der Waals surface area contributed by atoms with Crippen LogP contribution in [0.2, 0.25) is 0 Å². The van der Waals surface area contributed by atoms with Gasteiger partial charge in [-0.3, -0.25) is 4.79 Å². The molecule has 0 aromatic carbocycles. The minimum atomic E-state index is -2.87. The van der Waals surface area contributed by atoms with E-state index in [9.17, 15) is 18.4 Å². The number of aromatic amines is 1. The Morgan fingerprint density at radius 3 is 2.71 bits per heavy atom. The van der Waals surface area contributed by atoms with Crippen molar-refractivity contribution in [3.8, 4) is 0 Å². The number of aromatic nitrogens is 1. The summed E-state index contributed by atoms with van der Waals surface area (Å²) >= 11 is 0. The monoisotopic (exact) mass is 246 g/mol. The Morgan fingerprint density at radius 2 is 2.24 bits per heavy atom. The van der Waals surface area contributed by atoms with E-state index in [2.05, 4.69) is 9.72 Å². The number of H-pyrrole nitrogens is 1. The van der Waals surface area contributed by atoms with Gasteiger partial charge in [0, 0.05) is 17.7 Å². The van der Waals surface area contributed by atoms with Crippen molar-refractivity contribution in [3.05, 3.63) is 33.2 Å². The number of hydrogen-bond donors (Lipinski definition) is 2. The molecule has 0 aliphatic heterocycles. The number of carbonyl (C=O) groups is 1. The molecule has 0 radical (unpaired) electrons. The molecule has 94 valence electrons. The molecule has 0 spiro atoms. The Labute approximate surface area is 95.6 Å². The molecule has 0 fully saturated rings. The van der Waals surface area contributed by atoms with Crippen molar-refractivity contribution in [2.24, 2.45) is 5.73 Å². The molecule has 1 rings (SSSR count). The van der Waals surface area contributed by atoms with Crippen molar-refractivity contribution < 1.29 is 18.3 Å². The first kappa shape index (κ1) is 13.3. The van der Waals surface area contributed by atoms with Crippen LogP contribution in [0.3, 0.4) is 0 Å². The number of ether oxygens (including phenoxy) is 1. The normalized spacial score (nSPS) is 10.6. The van der Waals surface area contributed by atoms with Crippen molar-refractivity contribution in [2.75, 3.05) is 6.61 Å². The van der Waals surface area contributed by atoms with Gasteiger partial charge in [-0.05, 0) is 13.0 Å². The van der Waals surface area contributed by atoms with Gasteiger partial charge in [0.1, 0.15) is 5.69 Å². The summed E-state index contributed by atoms with van der Waals surface area (Å²) < 4.78 is 29.9. The van der Waals surface area contributed by atoms with E-state index in [0.717, 1.165) is 6.07 Å². The summed E-state index contributed by atoms with van der Waals surface area (Å²) in [6, 6.07) is 0.895. The zero-order valence-electron chi connectivity index (χ0n) is 9.13. The van der Waals surface area contributed by atoms with Crippen LogP contribution in [0, 0.1) is 0 Å². The summed E-state index contributed by atoms with van der Waals surface area (Å²) in [4.78, 5) is 24.9. The minimum Gasteiger partial charge on any atom is -0.461 e. The maximum Gasteiger partial charge on any atom is 0.354 e. The van der Waals surface area contributed by atoms with E-state index in [-0.39, 0.29) is 24.4 Å². The Bertz CT molecular complexity index is 471. The van der Waals surface area contributed by atoms with Gasteiger partial charge >= 0.3 is 5.97 Å². The van der Waals surface area contributed by atoms with Crippen molar-refractivity contribution in [1.82, 2.24) is 4.98 Å². The van der Waals surface area contributed by atoms with E-state index in [1.807, 2.05) is 0 Å². The number of rotatable bonds is 4. The average Bonchev–Trinajstić information content (AvgIpc) is 2.28. The molecule has 3 N–H and O–H groups in total. The average molecular weight is 246 g/mol. The van der Waals surface area contributed by atoms with Gasteiger partial charge in [-0.1, -0.05) is 0 Å². The summed E-state index contributed by atoms with van der Waals surface area (Å²) in [5.41, 5.74) is 3.33. The van der Waals surface area contributed by atoms with Crippen molar-refractivity contribution in [1.29, 1.82) is 0 Å². The van der Waals surface area contributed by atoms with Gasteiger partial charge in [-0.15, -0.1) is 0 Å². The summed E-state index contributed by atoms with van der Waals surface area (Å²) in [6.45, 7) is 1.33. The second-order valence-corrected chi connectivity index (χ2v) is 3.17. The van der Waals surface area contributed by atoms with Gasteiger partial charge in [0.05, 0.1) is 6.61 Å². The molecule has 1 heterocycles. The predicted octanol–water partition coefficient (Wildman–Crippen LogP) is 0.948. The number of nitrogens with two attached hydrogens (primary N) is 1. The highest BCUT2D eigenvalue weighted by Gasteiger charge is 2.19. The molecule has 0 saturated heterocycles. The zero-order chi connectivity index (χ0) is 13.0. The van der Waals surface area contributed by atoms with Gasteiger partial charge in [0.2, 0.25) is 0 Å². The molecule has 1 aromatic rings. The third kappa shape index (κ3) is 2.88. The number of hydrogen-bond acceptors (Lipinski definition) is 4. The number of esters is 1. The first-order valence-corrected chi connectivity index (χ1v) is 4.92. The van der Waals surface area contributed by atoms with E-state index in [4.69, 9.17) is 5.73 Å². The van der Waals surface area contributed by atoms with Crippen LogP contribution in [0.25, 0.3) is 0 Å². The topological polar surface area (TPSA) is 85.2 Å². The van der Waals surface area contributed by atoms with Gasteiger partial charge in [0.25, 0.3) is 12.0 Å². The molecule has 0 bridgehead atoms. The fourth-order valence-corrected chi connectivity index (χ4v) is 1.33. The molecule has 7 heteroatoms. The van der Waals surface area contributed by atoms with Crippen molar-refractivity contribution in [3.63, 3.8) is 0 Å². The standard InChI is InChI=1S/C10H12F2N2O3/c1-2-17-10(16)7-3-5(8(11)12)6(4-13)9(15)14-7/h3,8H,2,4,13H2,1H3,(H,14,15). The van der Waals surface area contributed by atoms with E-state index in [1.54, 1.807) is 6.92 Å². The molecular formula is C10H12F2N2O3. The molecule has 0 saturated carbocycles. The second kappa shape index (κ2) is 5.53. The lowest BCUT2D eigenvalue weighted by molar-refractivity contribution is 0.0518. The van der Waals surface area contributed by atoms with Crippen LogP contribution in [0.5, 0.6) is 0 Å². The van der Waals surface area contributed by atoms with Crippen LogP contribution in [0.15, 0.2) is 10.9 Å². The van der Waals surface area contributed by atoms with E-state index in [0.29, 0.717) is 0 Å². The summed E-state index contributed by atoms with van der Waals surface area (Å²) in [5, 5.41) is 0. The number of nitrogens with one attached hydrogen (secondary N) is 1. The SMILES string of the molecule is CCOC(=O)c1cc(C(F)F)c(CN)c(=O)[nH]1. The van der Waals surface area contributed by atoms with Crippen molar-refractivity contribution >= 4 is 5.97 Å². The number of alkyl halides is 2. The fourth-order valence-electron chi connectivity index (χ4n) is 1.33. The Balaban J connectivity index is 3.29. The lowest BCUT2D eigenvalue weighted by atomic mass is 10.1. The highest BCUT2D eigenvalue weighted by Crippen LogP contribution is 2.21. The maximum atomic E-state index is 12.7. The quantitative estimate of drug-likeness (QED) is 0.774. The molecule has 5 nitrogen and oxygen atoms in total. The number of carbonyl (C=O) groups excluding carboxylic acids is 1. The lowest BCUT2D eigenvalue weighted by Crippen LogP contribution is -2.23. The van der Waals surface area contributed by atoms with E-state index in [1.165, 1.54) is 0 Å². The summed E-state index contributed by atoms with van der Waals surface area (Å²) in [5.74, 6) is -0.852. The van der Waals surface area contributed by atoms with E-state index >= 15 is 0 Å². The van der Waals surface area contributed by atoms with Crippen LogP contribution < -0.4 is 11.3 Å². The number of pyridine rings is 1. The van der Waals surface area contributed by atoms with Crippen LogP contribution >= 0.6 is 0 Å². The Morgan fingerprint density at radius 1 is 1.59 bits per heavy atom. The molecular weight excluding hydrogens is 234 g/mol. The smallest absolute Gasteiger partial charge is 0.354 e. The van der Waals surface area contributed by atoms with Gasteiger partial charge in [-0.2, -0.15) is 0 Å². The van der Waals surface area contributed by atoms with Gasteiger partial charge in [0.15, 0.2) is 0 Å². The van der Waals surface area contributed by atoms with Gasteiger partial charge in [-0.25, -0.2) is 13.6 Å². The third-order valence-corrected chi connectivity index (χ3v) is 2.11. The fraction of sp³-hybridized carbons (Fsp3) is 0.400. The molecule has 0 aliphatic rings. The van der Waals surface area contributed by atoms with Gasteiger partial charge < -0.3 is 15.5 Å². The van der Waals surface area contributed by atoms with Crippen LogP contribution in [0.1, 0.15) is 35.0 Å². The molecule has 17 heavy (non-hydrogen) atoms. The lowest BCUT2D eigenvalue weighted by Gasteiger charge is -2.08. The molecule has 0 amide bonds. The largest absolute Gasteiger partial charge is 0.461 e. The Hall–Kier alpha value is -1.76.